The van der Waals surface area contributed by atoms with Crippen LogP contribution >= 0.6 is 0 Å². The summed E-state index contributed by atoms with van der Waals surface area (Å²) in [6, 6.07) is 22.4. The molecule has 0 atom stereocenters. The van der Waals surface area contributed by atoms with Gasteiger partial charge in [-0.3, -0.25) is 4.79 Å². The molecule has 1 aliphatic rings. The van der Waals surface area contributed by atoms with Crippen LogP contribution in [0.25, 0.3) is 11.6 Å². The molecule has 1 N–H and O–H groups in total. The van der Waals surface area contributed by atoms with Gasteiger partial charge in [-0.25, -0.2) is 0 Å². The van der Waals surface area contributed by atoms with E-state index in [9.17, 15) is 9.90 Å². The Labute approximate surface area is 134 Å². The second-order valence-corrected chi connectivity index (χ2v) is 5.57. The number of carbonyl (C=O) groups is 1. The number of ketones is 1. The van der Waals surface area contributed by atoms with Crippen molar-refractivity contribution in [1.29, 1.82) is 0 Å². The normalized spacial score (nSPS) is 12.5. The molecule has 1 aliphatic carbocycles. The lowest BCUT2D eigenvalue weighted by Gasteiger charge is -2.21. The van der Waals surface area contributed by atoms with Crippen LogP contribution in [-0.2, 0) is 0 Å². The first-order chi connectivity index (χ1) is 11.2. The number of phenolic OH excluding ortho intramolecular Hbond substituents is 1. The quantitative estimate of drug-likeness (QED) is 0.561. The van der Waals surface area contributed by atoms with Crippen LogP contribution in [0.5, 0.6) is 5.75 Å². The van der Waals surface area contributed by atoms with Crippen LogP contribution in [0.2, 0.25) is 0 Å². The number of hydrogen-bond donors (Lipinski definition) is 1. The highest BCUT2D eigenvalue weighted by molar-refractivity contribution is 6.20. The smallest absolute Gasteiger partial charge is 0.194 e. The molecule has 0 bridgehead atoms. The summed E-state index contributed by atoms with van der Waals surface area (Å²) >= 11 is 0. The zero-order valence-electron chi connectivity index (χ0n) is 12.4. The Morgan fingerprint density at radius 2 is 1.26 bits per heavy atom. The number of benzene rings is 3. The van der Waals surface area contributed by atoms with Gasteiger partial charge in [-0.05, 0) is 40.5 Å². The van der Waals surface area contributed by atoms with Crippen molar-refractivity contribution in [2.45, 2.75) is 0 Å². The Hall–Kier alpha value is -3.13. The Morgan fingerprint density at radius 1 is 0.696 bits per heavy atom. The third-order valence-electron chi connectivity index (χ3n) is 4.10. The van der Waals surface area contributed by atoms with Crippen molar-refractivity contribution in [1.82, 2.24) is 0 Å². The molecule has 2 nitrogen and oxygen atoms in total. The van der Waals surface area contributed by atoms with Crippen molar-refractivity contribution in [2.24, 2.45) is 0 Å². The summed E-state index contributed by atoms with van der Waals surface area (Å²) in [5.41, 5.74) is 5.20. The van der Waals surface area contributed by atoms with Crippen molar-refractivity contribution in [3.63, 3.8) is 0 Å². The molecular weight excluding hydrogens is 284 g/mol. The molecule has 0 spiro atoms. The molecule has 2 heteroatoms. The molecule has 4 rings (SSSR count). The number of fused-ring (bicyclic) bond motifs is 2. The highest BCUT2D eigenvalue weighted by Crippen LogP contribution is 2.37. The fourth-order valence-corrected chi connectivity index (χ4v) is 3.06. The van der Waals surface area contributed by atoms with Crippen LogP contribution in [0, 0.1) is 0 Å². The molecule has 0 aromatic heterocycles. The van der Waals surface area contributed by atoms with Gasteiger partial charge in [0, 0.05) is 11.1 Å². The summed E-state index contributed by atoms with van der Waals surface area (Å²) in [7, 11) is 0. The largest absolute Gasteiger partial charge is 0.508 e. The Balaban J connectivity index is 2.00. The lowest BCUT2D eigenvalue weighted by molar-refractivity contribution is 0.103. The number of phenols is 1. The van der Waals surface area contributed by atoms with Gasteiger partial charge in [0.2, 0.25) is 0 Å². The molecule has 0 amide bonds. The molecule has 0 unspecified atom stereocenters. The minimum Gasteiger partial charge on any atom is -0.508 e. The second-order valence-electron chi connectivity index (χ2n) is 5.57. The SMILES string of the molecule is O=C1c2ccccc2C(=Cc2cccc(O)c2)c2ccccc21. The summed E-state index contributed by atoms with van der Waals surface area (Å²) in [4.78, 5) is 12.7. The number of carbonyl (C=O) groups excluding carboxylic acids is 1. The van der Waals surface area contributed by atoms with Gasteiger partial charge < -0.3 is 5.11 Å². The second kappa shape index (κ2) is 5.25. The van der Waals surface area contributed by atoms with E-state index in [-0.39, 0.29) is 11.5 Å². The molecule has 0 fully saturated rings. The molecule has 3 aromatic carbocycles. The van der Waals surface area contributed by atoms with Gasteiger partial charge in [0.05, 0.1) is 0 Å². The maximum atomic E-state index is 12.7. The Morgan fingerprint density at radius 3 is 1.83 bits per heavy atom. The van der Waals surface area contributed by atoms with Crippen LogP contribution < -0.4 is 0 Å². The molecule has 110 valence electrons. The van der Waals surface area contributed by atoms with E-state index in [1.54, 1.807) is 12.1 Å². The maximum absolute atomic E-state index is 12.7. The number of aromatic hydroxyl groups is 1. The molecule has 3 aromatic rings. The average Bonchev–Trinajstić information content (AvgIpc) is 2.59. The number of hydrogen-bond acceptors (Lipinski definition) is 2. The maximum Gasteiger partial charge on any atom is 0.194 e. The van der Waals surface area contributed by atoms with Gasteiger partial charge in [0.1, 0.15) is 5.75 Å². The van der Waals surface area contributed by atoms with E-state index < -0.39 is 0 Å². The summed E-state index contributed by atoms with van der Waals surface area (Å²) < 4.78 is 0. The molecule has 0 saturated heterocycles. The number of rotatable bonds is 1. The highest BCUT2D eigenvalue weighted by atomic mass is 16.3. The third kappa shape index (κ3) is 2.25. The van der Waals surface area contributed by atoms with E-state index in [1.165, 1.54) is 0 Å². The van der Waals surface area contributed by atoms with Crippen molar-refractivity contribution in [3.8, 4) is 5.75 Å². The van der Waals surface area contributed by atoms with E-state index >= 15 is 0 Å². The molecule has 23 heavy (non-hydrogen) atoms. The molecule has 0 radical (unpaired) electrons. The van der Waals surface area contributed by atoms with Gasteiger partial charge in [0.25, 0.3) is 0 Å². The van der Waals surface area contributed by atoms with Crippen molar-refractivity contribution in [2.75, 3.05) is 0 Å². The first-order valence-corrected chi connectivity index (χ1v) is 7.48. The van der Waals surface area contributed by atoms with E-state index in [2.05, 4.69) is 0 Å². The van der Waals surface area contributed by atoms with Gasteiger partial charge in [-0.1, -0.05) is 60.7 Å². The lowest BCUT2D eigenvalue weighted by atomic mass is 9.81. The summed E-state index contributed by atoms with van der Waals surface area (Å²) in [5.74, 6) is 0.289. The monoisotopic (exact) mass is 298 g/mol. The van der Waals surface area contributed by atoms with Crippen LogP contribution in [-0.4, -0.2) is 10.9 Å². The zero-order chi connectivity index (χ0) is 15.8. The molecule has 0 saturated carbocycles. The lowest BCUT2D eigenvalue weighted by Crippen LogP contribution is -2.14. The first-order valence-electron chi connectivity index (χ1n) is 7.48. The van der Waals surface area contributed by atoms with E-state index in [1.807, 2.05) is 66.7 Å². The predicted molar refractivity (Wildman–Crippen MR) is 91.4 cm³/mol. The van der Waals surface area contributed by atoms with Gasteiger partial charge in [0.15, 0.2) is 5.78 Å². The summed E-state index contributed by atoms with van der Waals surface area (Å²) in [6.07, 6.45) is 2.02. The van der Waals surface area contributed by atoms with Crippen molar-refractivity contribution >= 4 is 17.4 Å². The zero-order valence-corrected chi connectivity index (χ0v) is 12.4. The average molecular weight is 298 g/mol. The van der Waals surface area contributed by atoms with Crippen LogP contribution in [0.1, 0.15) is 32.6 Å². The van der Waals surface area contributed by atoms with Crippen LogP contribution in [0.15, 0.2) is 72.8 Å². The topological polar surface area (TPSA) is 37.3 Å². The van der Waals surface area contributed by atoms with E-state index in [4.69, 9.17) is 0 Å². The molecule has 0 aliphatic heterocycles. The fourth-order valence-electron chi connectivity index (χ4n) is 3.06. The van der Waals surface area contributed by atoms with E-state index in [0.29, 0.717) is 0 Å². The third-order valence-corrected chi connectivity index (χ3v) is 4.10. The Bertz CT molecular complexity index is 900. The van der Waals surface area contributed by atoms with Crippen LogP contribution in [0.4, 0.5) is 0 Å². The molecule has 0 heterocycles. The highest BCUT2D eigenvalue weighted by Gasteiger charge is 2.25. The van der Waals surface area contributed by atoms with Crippen molar-refractivity contribution < 1.29 is 9.90 Å². The Kier molecular flexibility index (Phi) is 3.09. The first kappa shape index (κ1) is 13.5. The fraction of sp³-hybridized carbons (Fsp3) is 0. The summed E-state index contributed by atoms with van der Waals surface area (Å²) in [6.45, 7) is 0. The van der Waals surface area contributed by atoms with Gasteiger partial charge in [-0.15, -0.1) is 0 Å². The van der Waals surface area contributed by atoms with E-state index in [0.717, 1.165) is 33.4 Å². The minimum absolute atomic E-state index is 0.0595. The van der Waals surface area contributed by atoms with Crippen LogP contribution in [0.3, 0.4) is 0 Å². The summed E-state index contributed by atoms with van der Waals surface area (Å²) in [5, 5.41) is 9.69. The van der Waals surface area contributed by atoms with Gasteiger partial charge >= 0.3 is 0 Å². The minimum atomic E-state index is 0.0595. The standard InChI is InChI=1S/C21H14O2/c22-15-7-5-6-14(12-15)13-20-16-8-1-3-10-18(16)21(23)19-11-4-2-9-17(19)20/h1-13,22H. The molecular formula is C21H14O2. The van der Waals surface area contributed by atoms with Gasteiger partial charge in [-0.2, -0.15) is 0 Å². The van der Waals surface area contributed by atoms with Crippen molar-refractivity contribution in [3.05, 3.63) is 101 Å². The predicted octanol–water partition coefficient (Wildman–Crippen LogP) is 4.53.